The van der Waals surface area contributed by atoms with Gasteiger partial charge in [-0.1, -0.05) is 6.42 Å². The van der Waals surface area contributed by atoms with Crippen LogP contribution in [-0.2, 0) is 20.9 Å². The molecule has 4 heterocycles. The summed E-state index contributed by atoms with van der Waals surface area (Å²) >= 11 is 0. The van der Waals surface area contributed by atoms with Gasteiger partial charge in [-0.3, -0.25) is 24.6 Å². The van der Waals surface area contributed by atoms with E-state index in [1.165, 1.54) is 58.0 Å². The van der Waals surface area contributed by atoms with E-state index in [0.29, 0.717) is 24.6 Å². The van der Waals surface area contributed by atoms with Crippen LogP contribution in [0.2, 0.25) is 0 Å². The smallest absolute Gasteiger partial charge is 0.255 e. The van der Waals surface area contributed by atoms with Crippen LogP contribution in [0.4, 0.5) is 0 Å². The number of hydrogen-bond donors (Lipinski definition) is 1. The molecule has 1 N–H and O–H groups in total. The van der Waals surface area contributed by atoms with Gasteiger partial charge in [0.1, 0.15) is 17.9 Å². The number of carbonyl (C=O) groups is 3. The Morgan fingerprint density at radius 1 is 0.914 bits per heavy atom. The predicted molar refractivity (Wildman–Crippen MR) is 130 cm³/mol. The molecule has 190 valence electrons. The fourth-order valence-electron chi connectivity index (χ4n) is 5.79. The maximum Gasteiger partial charge on any atom is 0.255 e. The normalized spacial score (nSPS) is 29.0. The summed E-state index contributed by atoms with van der Waals surface area (Å²) in [6.07, 6.45) is 10.8. The Morgan fingerprint density at radius 2 is 1.71 bits per heavy atom. The van der Waals surface area contributed by atoms with Gasteiger partial charge in [0.2, 0.25) is 11.8 Å². The lowest BCUT2D eigenvalue weighted by atomic mass is 9.89. The van der Waals surface area contributed by atoms with Crippen LogP contribution in [0.3, 0.4) is 0 Å². The zero-order chi connectivity index (χ0) is 24.2. The minimum absolute atomic E-state index is 0.142. The largest absolute Gasteiger partial charge is 0.489 e. The quantitative estimate of drug-likeness (QED) is 0.663. The minimum atomic E-state index is -0.578. The average molecular weight is 484 g/mol. The van der Waals surface area contributed by atoms with E-state index in [-0.39, 0.29) is 30.2 Å². The second-order valence-corrected chi connectivity index (χ2v) is 10.3. The van der Waals surface area contributed by atoms with E-state index in [0.717, 1.165) is 30.9 Å². The molecule has 0 bridgehead atoms. The summed E-state index contributed by atoms with van der Waals surface area (Å²) in [5, 5.41) is 2.34. The first-order valence-corrected chi connectivity index (χ1v) is 13.4. The highest BCUT2D eigenvalue weighted by Gasteiger charge is 2.39. The second-order valence-electron chi connectivity index (χ2n) is 10.3. The van der Waals surface area contributed by atoms with Crippen molar-refractivity contribution in [3.05, 3.63) is 29.3 Å². The molecule has 5 aliphatic rings. The SMILES string of the molecule is C1CCOCC1.O=C1CCC(N2Cc3cc(OC4CCCCC4N4CCC4)ccc3C2=O)C(=O)N1. The molecule has 3 unspecified atom stereocenters. The number of ether oxygens (including phenoxy) is 2. The Labute approximate surface area is 207 Å². The molecular formula is C27H37N3O5. The number of hydrogen-bond acceptors (Lipinski definition) is 6. The molecule has 1 saturated carbocycles. The van der Waals surface area contributed by atoms with Gasteiger partial charge in [0.05, 0.1) is 0 Å². The zero-order valence-corrected chi connectivity index (χ0v) is 20.5. The van der Waals surface area contributed by atoms with E-state index in [1.54, 1.807) is 4.90 Å². The van der Waals surface area contributed by atoms with Gasteiger partial charge in [-0.25, -0.2) is 0 Å². The fourth-order valence-corrected chi connectivity index (χ4v) is 5.79. The molecule has 35 heavy (non-hydrogen) atoms. The van der Waals surface area contributed by atoms with Crippen molar-refractivity contribution in [1.82, 2.24) is 15.1 Å². The third-order valence-corrected chi connectivity index (χ3v) is 7.89. The van der Waals surface area contributed by atoms with Crippen molar-refractivity contribution in [1.29, 1.82) is 0 Å². The Hall–Kier alpha value is -2.45. The fraction of sp³-hybridized carbons (Fsp3) is 0.667. The van der Waals surface area contributed by atoms with Crippen LogP contribution in [0.15, 0.2) is 18.2 Å². The highest BCUT2D eigenvalue weighted by atomic mass is 16.5. The number of fused-ring (bicyclic) bond motifs is 1. The Balaban J connectivity index is 0.000000371. The molecule has 8 nitrogen and oxygen atoms in total. The van der Waals surface area contributed by atoms with Crippen molar-refractivity contribution in [2.75, 3.05) is 26.3 Å². The summed E-state index contributed by atoms with van der Waals surface area (Å²) in [5.41, 5.74) is 1.53. The van der Waals surface area contributed by atoms with Gasteiger partial charge < -0.3 is 14.4 Å². The summed E-state index contributed by atoms with van der Waals surface area (Å²) in [6, 6.07) is 5.58. The lowest BCUT2D eigenvalue weighted by molar-refractivity contribution is -0.136. The third-order valence-electron chi connectivity index (χ3n) is 7.89. The molecule has 8 heteroatoms. The molecule has 0 aromatic heterocycles. The van der Waals surface area contributed by atoms with Crippen LogP contribution < -0.4 is 10.1 Å². The third kappa shape index (κ3) is 5.54. The molecule has 3 amide bonds. The predicted octanol–water partition coefficient (Wildman–Crippen LogP) is 3.03. The number of carbonyl (C=O) groups excluding carboxylic acids is 3. The standard InChI is InChI=1S/C22H27N3O4.C5H10O/c26-20-9-8-18(21(27)23-20)25-13-14-12-15(6-7-16(14)22(25)28)29-19-5-2-1-4-17(19)24-10-3-11-24;1-2-4-6-5-3-1/h6-7,12,17-19H,1-5,8-11,13H2,(H,23,26,27);1-5H2. The number of imide groups is 1. The lowest BCUT2D eigenvalue weighted by Crippen LogP contribution is -2.53. The number of nitrogens with one attached hydrogen (secondary N) is 1. The van der Waals surface area contributed by atoms with Gasteiger partial charge in [-0.2, -0.15) is 0 Å². The van der Waals surface area contributed by atoms with Crippen molar-refractivity contribution in [3.63, 3.8) is 0 Å². The number of nitrogens with zero attached hydrogens (tertiary/aromatic N) is 2. The molecule has 3 saturated heterocycles. The molecule has 1 aromatic rings. The highest BCUT2D eigenvalue weighted by molar-refractivity contribution is 6.05. The number of rotatable bonds is 4. The summed E-state index contributed by atoms with van der Waals surface area (Å²) in [6.45, 7) is 4.73. The van der Waals surface area contributed by atoms with Crippen LogP contribution >= 0.6 is 0 Å². The van der Waals surface area contributed by atoms with Crippen LogP contribution in [0, 0.1) is 0 Å². The van der Waals surface area contributed by atoms with Gasteiger partial charge in [0, 0.05) is 37.8 Å². The molecule has 6 rings (SSSR count). The Morgan fingerprint density at radius 3 is 2.37 bits per heavy atom. The zero-order valence-electron chi connectivity index (χ0n) is 20.5. The van der Waals surface area contributed by atoms with Crippen LogP contribution in [0.1, 0.15) is 80.1 Å². The van der Waals surface area contributed by atoms with Gasteiger partial charge >= 0.3 is 0 Å². The van der Waals surface area contributed by atoms with Gasteiger partial charge in [0.25, 0.3) is 5.91 Å². The number of benzene rings is 1. The van der Waals surface area contributed by atoms with Crippen molar-refractivity contribution in [2.45, 2.75) is 88.9 Å². The molecule has 0 radical (unpaired) electrons. The Bertz CT molecular complexity index is 931. The van der Waals surface area contributed by atoms with E-state index in [1.807, 2.05) is 18.2 Å². The molecule has 3 atom stereocenters. The monoisotopic (exact) mass is 483 g/mol. The maximum absolute atomic E-state index is 12.8. The lowest BCUT2D eigenvalue weighted by Gasteiger charge is -2.44. The van der Waals surface area contributed by atoms with E-state index in [2.05, 4.69) is 10.2 Å². The van der Waals surface area contributed by atoms with Crippen LogP contribution in [0.5, 0.6) is 5.75 Å². The molecule has 1 aliphatic carbocycles. The molecule has 4 fully saturated rings. The molecular weight excluding hydrogens is 446 g/mol. The second kappa shape index (κ2) is 11.1. The van der Waals surface area contributed by atoms with E-state index in [4.69, 9.17) is 9.47 Å². The number of piperidine rings is 1. The summed E-state index contributed by atoms with van der Waals surface area (Å²) < 4.78 is 11.5. The Kier molecular flexibility index (Phi) is 7.68. The van der Waals surface area contributed by atoms with E-state index in [9.17, 15) is 14.4 Å². The highest BCUT2D eigenvalue weighted by Crippen LogP contribution is 2.33. The maximum atomic E-state index is 12.8. The molecule has 1 aromatic carbocycles. The topological polar surface area (TPSA) is 88.2 Å². The number of likely N-dealkylation sites (tertiary alicyclic amines) is 1. The van der Waals surface area contributed by atoms with Gasteiger partial charge in [-0.15, -0.1) is 0 Å². The first-order chi connectivity index (χ1) is 17.1. The van der Waals surface area contributed by atoms with Crippen molar-refractivity contribution >= 4 is 17.7 Å². The van der Waals surface area contributed by atoms with E-state index >= 15 is 0 Å². The molecule has 0 spiro atoms. The average Bonchev–Trinajstić information content (AvgIpc) is 3.16. The van der Waals surface area contributed by atoms with Crippen LogP contribution in [-0.4, -0.2) is 72.0 Å². The summed E-state index contributed by atoms with van der Waals surface area (Å²) in [4.78, 5) is 40.6. The molecule has 4 aliphatic heterocycles. The van der Waals surface area contributed by atoms with Crippen molar-refractivity contribution < 1.29 is 23.9 Å². The minimum Gasteiger partial charge on any atom is -0.489 e. The van der Waals surface area contributed by atoms with Crippen LogP contribution in [0.25, 0.3) is 0 Å². The van der Waals surface area contributed by atoms with Crippen molar-refractivity contribution in [3.8, 4) is 5.75 Å². The van der Waals surface area contributed by atoms with Gasteiger partial charge in [-0.05, 0) is 88.2 Å². The number of amides is 3. The van der Waals surface area contributed by atoms with Crippen molar-refractivity contribution in [2.24, 2.45) is 0 Å². The van der Waals surface area contributed by atoms with E-state index < -0.39 is 6.04 Å². The first kappa shape index (κ1) is 24.3. The van der Waals surface area contributed by atoms with Gasteiger partial charge in [0.15, 0.2) is 0 Å². The summed E-state index contributed by atoms with van der Waals surface area (Å²) in [7, 11) is 0. The first-order valence-electron chi connectivity index (χ1n) is 13.4. The summed E-state index contributed by atoms with van der Waals surface area (Å²) in [5.74, 6) is 0.0186.